The summed E-state index contributed by atoms with van der Waals surface area (Å²) in [6.07, 6.45) is 18.2. The zero-order chi connectivity index (χ0) is 22.4. The standard InChI is InChI=1S/C24H42N2O4/c1-3-4-5-6-7-8-9-10-11-12-13-14-15-16-23(28)24(25)18-17-21(26(29)30)19-22(24)20(2)27/h17,19-20,27H,3-16,18,25H2,1-2H3. The van der Waals surface area contributed by atoms with E-state index in [9.17, 15) is 20.0 Å². The molecule has 6 heteroatoms. The lowest BCUT2D eigenvalue weighted by molar-refractivity contribution is -0.419. The first kappa shape index (κ1) is 26.5. The van der Waals surface area contributed by atoms with Crippen molar-refractivity contribution < 1.29 is 14.8 Å². The lowest BCUT2D eigenvalue weighted by Crippen LogP contribution is -2.53. The number of hydrogen-bond acceptors (Lipinski definition) is 5. The largest absolute Gasteiger partial charge is 0.389 e. The number of ketones is 1. The Morgan fingerprint density at radius 1 is 1.07 bits per heavy atom. The minimum absolute atomic E-state index is 0.0668. The van der Waals surface area contributed by atoms with Crippen molar-refractivity contribution in [3.8, 4) is 0 Å². The molecule has 1 aliphatic rings. The van der Waals surface area contributed by atoms with Crippen LogP contribution in [0.5, 0.6) is 0 Å². The maximum atomic E-state index is 12.7. The number of aliphatic hydroxyl groups is 1. The molecule has 1 aliphatic carbocycles. The van der Waals surface area contributed by atoms with Crippen LogP contribution in [0.3, 0.4) is 0 Å². The van der Waals surface area contributed by atoms with Gasteiger partial charge < -0.3 is 10.8 Å². The predicted molar refractivity (Wildman–Crippen MR) is 122 cm³/mol. The smallest absolute Gasteiger partial charge is 0.265 e. The molecule has 6 nitrogen and oxygen atoms in total. The van der Waals surface area contributed by atoms with Gasteiger partial charge in [-0.1, -0.05) is 84.0 Å². The lowest BCUT2D eigenvalue weighted by Gasteiger charge is -2.33. The maximum Gasteiger partial charge on any atom is 0.265 e. The van der Waals surface area contributed by atoms with Gasteiger partial charge in [-0.15, -0.1) is 0 Å². The molecule has 0 radical (unpaired) electrons. The molecule has 0 spiro atoms. The van der Waals surface area contributed by atoms with Crippen LogP contribution in [0.15, 0.2) is 23.4 Å². The monoisotopic (exact) mass is 422 g/mol. The number of unbranched alkanes of at least 4 members (excludes halogenated alkanes) is 12. The van der Waals surface area contributed by atoms with E-state index in [0.717, 1.165) is 19.3 Å². The number of nitro groups is 1. The number of carbonyl (C=O) groups is 1. The van der Waals surface area contributed by atoms with E-state index in [4.69, 9.17) is 5.73 Å². The second-order valence-electron chi connectivity index (χ2n) is 8.75. The van der Waals surface area contributed by atoms with E-state index < -0.39 is 16.6 Å². The molecule has 172 valence electrons. The van der Waals surface area contributed by atoms with Crippen molar-refractivity contribution in [2.75, 3.05) is 0 Å². The Labute approximate surface area is 182 Å². The number of aliphatic hydroxyl groups excluding tert-OH is 1. The van der Waals surface area contributed by atoms with Gasteiger partial charge in [-0.05, 0) is 25.0 Å². The van der Waals surface area contributed by atoms with Crippen molar-refractivity contribution >= 4 is 5.78 Å². The predicted octanol–water partition coefficient (Wildman–Crippen LogP) is 5.61. The van der Waals surface area contributed by atoms with Crippen molar-refractivity contribution in [3.63, 3.8) is 0 Å². The second-order valence-corrected chi connectivity index (χ2v) is 8.75. The number of hydrogen-bond donors (Lipinski definition) is 2. The van der Waals surface area contributed by atoms with Crippen LogP contribution in [0.2, 0.25) is 0 Å². The van der Waals surface area contributed by atoms with Gasteiger partial charge in [0.2, 0.25) is 0 Å². The zero-order valence-electron chi connectivity index (χ0n) is 19.0. The van der Waals surface area contributed by atoms with Crippen LogP contribution in [0.4, 0.5) is 0 Å². The summed E-state index contributed by atoms with van der Waals surface area (Å²) >= 11 is 0. The molecular formula is C24H42N2O4. The highest BCUT2D eigenvalue weighted by Crippen LogP contribution is 2.31. The number of carbonyl (C=O) groups excluding carboxylic acids is 1. The number of nitrogens with zero attached hydrogens (tertiary/aromatic N) is 1. The third-order valence-corrected chi connectivity index (χ3v) is 6.12. The Morgan fingerprint density at radius 3 is 1.97 bits per heavy atom. The number of Topliss-reactive ketones (excluding diaryl/α,β-unsaturated/α-hetero) is 1. The fourth-order valence-electron chi connectivity index (χ4n) is 4.15. The molecule has 30 heavy (non-hydrogen) atoms. The number of rotatable bonds is 17. The van der Waals surface area contributed by atoms with Gasteiger partial charge in [-0.3, -0.25) is 14.9 Å². The summed E-state index contributed by atoms with van der Waals surface area (Å²) in [5.41, 5.74) is 5.12. The first-order valence-electron chi connectivity index (χ1n) is 11.9. The average molecular weight is 423 g/mol. The molecule has 2 atom stereocenters. The SMILES string of the molecule is CCCCCCCCCCCCCCCC(=O)C1(N)CC=C([N+](=O)[O-])C=C1C(C)O. The molecule has 0 aromatic carbocycles. The Bertz CT molecular complexity index is 598. The van der Waals surface area contributed by atoms with E-state index in [1.54, 1.807) is 0 Å². The Hall–Kier alpha value is -1.53. The third-order valence-electron chi connectivity index (χ3n) is 6.12. The minimum atomic E-state index is -1.33. The fraction of sp³-hybridized carbons (Fsp3) is 0.792. The summed E-state index contributed by atoms with van der Waals surface area (Å²) in [5, 5.41) is 21.0. The van der Waals surface area contributed by atoms with Crippen molar-refractivity contribution in [2.24, 2.45) is 5.73 Å². The fourth-order valence-corrected chi connectivity index (χ4v) is 4.15. The molecule has 2 unspecified atom stereocenters. The van der Waals surface area contributed by atoms with E-state index in [2.05, 4.69) is 6.92 Å². The first-order chi connectivity index (χ1) is 14.3. The van der Waals surface area contributed by atoms with Gasteiger partial charge in [-0.2, -0.15) is 0 Å². The van der Waals surface area contributed by atoms with Gasteiger partial charge in [0, 0.05) is 18.9 Å². The van der Waals surface area contributed by atoms with Crippen LogP contribution in [0.1, 0.15) is 110 Å². The highest BCUT2D eigenvalue weighted by atomic mass is 16.6. The van der Waals surface area contributed by atoms with Gasteiger partial charge in [0.25, 0.3) is 5.70 Å². The molecule has 1 rings (SSSR count). The maximum absolute atomic E-state index is 12.7. The third kappa shape index (κ3) is 9.09. The number of nitrogens with two attached hydrogens (primary N) is 1. The van der Waals surface area contributed by atoms with Crippen LogP contribution >= 0.6 is 0 Å². The van der Waals surface area contributed by atoms with Crippen LogP contribution in [-0.2, 0) is 4.79 Å². The normalized spacial score (nSPS) is 19.9. The van der Waals surface area contributed by atoms with E-state index in [0.29, 0.717) is 6.42 Å². The van der Waals surface area contributed by atoms with Crippen molar-refractivity contribution in [1.29, 1.82) is 0 Å². The lowest BCUT2D eigenvalue weighted by atomic mass is 9.76. The number of allylic oxidation sites excluding steroid dienone is 1. The van der Waals surface area contributed by atoms with Crippen LogP contribution in [0.25, 0.3) is 0 Å². The molecule has 0 amide bonds. The highest BCUT2D eigenvalue weighted by molar-refractivity contribution is 5.92. The van der Waals surface area contributed by atoms with E-state index >= 15 is 0 Å². The van der Waals surface area contributed by atoms with Gasteiger partial charge in [0.1, 0.15) is 5.54 Å². The van der Waals surface area contributed by atoms with Crippen molar-refractivity contribution in [3.05, 3.63) is 33.5 Å². The minimum Gasteiger partial charge on any atom is -0.389 e. The molecule has 0 bridgehead atoms. The quantitative estimate of drug-likeness (QED) is 0.180. The zero-order valence-corrected chi connectivity index (χ0v) is 19.0. The van der Waals surface area contributed by atoms with Gasteiger partial charge >= 0.3 is 0 Å². The molecule has 0 heterocycles. The van der Waals surface area contributed by atoms with Crippen molar-refractivity contribution in [2.45, 2.75) is 122 Å². The average Bonchev–Trinajstić information content (AvgIpc) is 2.71. The molecule has 3 N–H and O–H groups in total. The summed E-state index contributed by atoms with van der Waals surface area (Å²) in [6.45, 7) is 3.74. The Balaban J connectivity index is 2.21. The van der Waals surface area contributed by atoms with Gasteiger partial charge in [-0.25, -0.2) is 0 Å². The molecular weight excluding hydrogens is 380 g/mol. The molecule has 0 saturated heterocycles. The summed E-state index contributed by atoms with van der Waals surface area (Å²) in [4.78, 5) is 23.2. The molecule has 0 saturated carbocycles. The van der Waals surface area contributed by atoms with Gasteiger partial charge in [0.05, 0.1) is 11.0 Å². The summed E-state index contributed by atoms with van der Waals surface area (Å²) < 4.78 is 0. The molecule has 0 fully saturated rings. The topological polar surface area (TPSA) is 106 Å². The highest BCUT2D eigenvalue weighted by Gasteiger charge is 2.41. The van der Waals surface area contributed by atoms with E-state index in [1.807, 2.05) is 0 Å². The Kier molecular flexibility index (Phi) is 12.8. The van der Waals surface area contributed by atoms with Gasteiger partial charge in [0.15, 0.2) is 5.78 Å². The summed E-state index contributed by atoms with van der Waals surface area (Å²) in [6, 6.07) is 0. The molecule has 0 aromatic heterocycles. The first-order valence-corrected chi connectivity index (χ1v) is 11.9. The Morgan fingerprint density at radius 2 is 1.53 bits per heavy atom. The van der Waals surface area contributed by atoms with Crippen LogP contribution in [0, 0.1) is 10.1 Å². The summed E-state index contributed by atoms with van der Waals surface area (Å²) in [5.74, 6) is -0.142. The second kappa shape index (κ2) is 14.5. The molecule has 0 aliphatic heterocycles. The van der Waals surface area contributed by atoms with E-state index in [1.165, 1.54) is 83.3 Å². The molecule has 0 aromatic rings. The van der Waals surface area contributed by atoms with Crippen molar-refractivity contribution in [1.82, 2.24) is 0 Å². The van der Waals surface area contributed by atoms with Crippen LogP contribution in [-0.4, -0.2) is 27.5 Å². The summed E-state index contributed by atoms with van der Waals surface area (Å²) in [7, 11) is 0. The van der Waals surface area contributed by atoms with Crippen LogP contribution < -0.4 is 5.73 Å². The van der Waals surface area contributed by atoms with E-state index in [-0.39, 0.29) is 23.5 Å².